The molecule has 128 valence electrons. The molecule has 1 aliphatic heterocycles. The van der Waals surface area contributed by atoms with E-state index in [0.717, 1.165) is 18.7 Å². The first-order valence-electron chi connectivity index (χ1n) is 7.92. The van der Waals surface area contributed by atoms with Gasteiger partial charge >= 0.3 is 0 Å². The second-order valence-corrected chi connectivity index (χ2v) is 6.19. The fraction of sp³-hybridized carbons (Fsp3) is 0.412. The molecule has 0 bridgehead atoms. The van der Waals surface area contributed by atoms with E-state index < -0.39 is 0 Å². The Morgan fingerprint density at radius 2 is 2.04 bits per heavy atom. The molecular formula is C17H20ClN3O3. The molecule has 2 heterocycles. The molecule has 2 aromatic rings. The van der Waals surface area contributed by atoms with Crippen molar-refractivity contribution in [3.05, 3.63) is 52.4 Å². The number of benzene rings is 1. The van der Waals surface area contributed by atoms with Crippen LogP contribution in [0, 0.1) is 6.92 Å². The zero-order valence-electron chi connectivity index (χ0n) is 13.5. The van der Waals surface area contributed by atoms with Gasteiger partial charge in [0.1, 0.15) is 0 Å². The van der Waals surface area contributed by atoms with Crippen molar-refractivity contribution in [2.75, 3.05) is 32.8 Å². The Bertz CT molecular complexity index is 681. The average Bonchev–Trinajstić information content (AvgIpc) is 3.04. The van der Waals surface area contributed by atoms with Gasteiger partial charge in [0.15, 0.2) is 0 Å². The Hall–Kier alpha value is -1.89. The van der Waals surface area contributed by atoms with Crippen molar-refractivity contribution in [1.82, 2.24) is 15.4 Å². The van der Waals surface area contributed by atoms with Crippen molar-refractivity contribution in [3.63, 3.8) is 0 Å². The van der Waals surface area contributed by atoms with Gasteiger partial charge in [0.25, 0.3) is 5.91 Å². The van der Waals surface area contributed by atoms with Gasteiger partial charge < -0.3 is 14.6 Å². The SMILES string of the molecule is Cc1cc(C(=O)NCC(c2ccc(Cl)cc2)N2CCOCC2)on1. The Labute approximate surface area is 145 Å². The van der Waals surface area contributed by atoms with Crippen LogP contribution < -0.4 is 5.32 Å². The topological polar surface area (TPSA) is 67.6 Å². The van der Waals surface area contributed by atoms with E-state index in [-0.39, 0.29) is 17.7 Å². The summed E-state index contributed by atoms with van der Waals surface area (Å²) in [4.78, 5) is 14.5. The number of ether oxygens (including phenoxy) is 1. The number of hydrogen-bond donors (Lipinski definition) is 1. The van der Waals surface area contributed by atoms with Crippen LogP contribution >= 0.6 is 11.6 Å². The number of carbonyl (C=O) groups excluding carboxylic acids is 1. The van der Waals surface area contributed by atoms with Crippen LogP contribution in [-0.2, 0) is 4.74 Å². The van der Waals surface area contributed by atoms with Crippen molar-refractivity contribution >= 4 is 17.5 Å². The van der Waals surface area contributed by atoms with Crippen LogP contribution in [0.25, 0.3) is 0 Å². The molecule has 1 N–H and O–H groups in total. The third kappa shape index (κ3) is 4.14. The first-order valence-corrected chi connectivity index (χ1v) is 8.30. The Morgan fingerprint density at radius 1 is 1.33 bits per heavy atom. The van der Waals surface area contributed by atoms with Gasteiger partial charge in [0, 0.05) is 30.7 Å². The minimum absolute atomic E-state index is 0.0548. The highest BCUT2D eigenvalue weighted by atomic mass is 35.5. The summed E-state index contributed by atoms with van der Waals surface area (Å²) >= 11 is 5.99. The molecule has 7 heteroatoms. The predicted octanol–water partition coefficient (Wildman–Crippen LogP) is 2.44. The maximum atomic E-state index is 12.2. The number of nitrogens with zero attached hydrogens (tertiary/aromatic N) is 2. The highest BCUT2D eigenvalue weighted by Gasteiger charge is 2.24. The average molecular weight is 350 g/mol. The van der Waals surface area contributed by atoms with E-state index in [4.69, 9.17) is 20.9 Å². The number of aryl methyl sites for hydroxylation is 1. The zero-order chi connectivity index (χ0) is 16.9. The van der Waals surface area contributed by atoms with Gasteiger partial charge in [-0.1, -0.05) is 28.9 Å². The van der Waals surface area contributed by atoms with Crippen LogP contribution in [0.15, 0.2) is 34.9 Å². The molecule has 1 aromatic carbocycles. The first kappa shape index (κ1) is 17.0. The number of nitrogens with one attached hydrogen (secondary N) is 1. The lowest BCUT2D eigenvalue weighted by Gasteiger charge is -2.34. The summed E-state index contributed by atoms with van der Waals surface area (Å²) in [6.45, 7) is 5.29. The van der Waals surface area contributed by atoms with Gasteiger partial charge in [-0.15, -0.1) is 0 Å². The molecular weight excluding hydrogens is 330 g/mol. The van der Waals surface area contributed by atoms with Crippen LogP contribution in [0.5, 0.6) is 0 Å². The minimum atomic E-state index is -0.261. The summed E-state index contributed by atoms with van der Waals surface area (Å²) in [5.41, 5.74) is 1.79. The maximum absolute atomic E-state index is 12.2. The molecule has 0 radical (unpaired) electrons. The van der Waals surface area contributed by atoms with Crippen molar-refractivity contribution < 1.29 is 14.1 Å². The number of amides is 1. The molecule has 1 aliphatic rings. The smallest absolute Gasteiger partial charge is 0.289 e. The Morgan fingerprint density at radius 3 is 2.67 bits per heavy atom. The van der Waals surface area contributed by atoms with Gasteiger partial charge in [-0.3, -0.25) is 9.69 Å². The third-order valence-corrected chi connectivity index (χ3v) is 4.30. The molecule has 24 heavy (non-hydrogen) atoms. The third-order valence-electron chi connectivity index (χ3n) is 4.05. The van der Waals surface area contributed by atoms with E-state index in [1.165, 1.54) is 0 Å². The molecule has 3 rings (SSSR count). The number of aromatic nitrogens is 1. The lowest BCUT2D eigenvalue weighted by atomic mass is 10.0. The van der Waals surface area contributed by atoms with Crippen molar-refractivity contribution in [2.45, 2.75) is 13.0 Å². The summed E-state index contributed by atoms with van der Waals surface area (Å²) in [6.07, 6.45) is 0. The molecule has 1 saturated heterocycles. The molecule has 0 saturated carbocycles. The van der Waals surface area contributed by atoms with Gasteiger partial charge in [0.2, 0.25) is 5.76 Å². The first-order chi connectivity index (χ1) is 11.6. The van der Waals surface area contributed by atoms with E-state index in [9.17, 15) is 4.79 Å². The van der Waals surface area contributed by atoms with Crippen molar-refractivity contribution in [3.8, 4) is 0 Å². The number of morpholine rings is 1. The summed E-state index contributed by atoms with van der Waals surface area (Å²) in [5, 5.41) is 7.37. The number of hydrogen-bond acceptors (Lipinski definition) is 5. The molecule has 1 amide bonds. The molecule has 0 aliphatic carbocycles. The second-order valence-electron chi connectivity index (χ2n) is 5.76. The van der Waals surface area contributed by atoms with E-state index in [1.807, 2.05) is 24.3 Å². The molecule has 1 fully saturated rings. The van der Waals surface area contributed by atoms with Crippen LogP contribution in [0.4, 0.5) is 0 Å². The molecule has 1 atom stereocenters. The van der Waals surface area contributed by atoms with E-state index >= 15 is 0 Å². The van der Waals surface area contributed by atoms with Gasteiger partial charge in [-0.2, -0.15) is 0 Å². The largest absolute Gasteiger partial charge is 0.379 e. The highest BCUT2D eigenvalue weighted by molar-refractivity contribution is 6.30. The van der Waals surface area contributed by atoms with E-state index in [1.54, 1.807) is 13.0 Å². The summed E-state index contributed by atoms with van der Waals surface area (Å²) in [7, 11) is 0. The van der Waals surface area contributed by atoms with Crippen molar-refractivity contribution in [2.24, 2.45) is 0 Å². The Balaban J connectivity index is 1.71. The second kappa shape index (κ2) is 7.79. The van der Waals surface area contributed by atoms with Gasteiger partial charge in [-0.05, 0) is 24.6 Å². The lowest BCUT2D eigenvalue weighted by molar-refractivity contribution is 0.0161. The van der Waals surface area contributed by atoms with Gasteiger partial charge in [-0.25, -0.2) is 0 Å². The van der Waals surface area contributed by atoms with Crippen LogP contribution in [0.2, 0.25) is 5.02 Å². The molecule has 1 unspecified atom stereocenters. The number of rotatable bonds is 5. The normalized spacial score (nSPS) is 16.8. The maximum Gasteiger partial charge on any atom is 0.289 e. The molecule has 1 aromatic heterocycles. The zero-order valence-corrected chi connectivity index (χ0v) is 14.3. The monoisotopic (exact) mass is 349 g/mol. The summed E-state index contributed by atoms with van der Waals surface area (Å²) in [5.74, 6) is -0.0350. The summed E-state index contributed by atoms with van der Waals surface area (Å²) < 4.78 is 10.4. The molecule has 6 nitrogen and oxygen atoms in total. The van der Waals surface area contributed by atoms with Crippen LogP contribution in [0.3, 0.4) is 0 Å². The van der Waals surface area contributed by atoms with E-state index in [0.29, 0.717) is 30.5 Å². The summed E-state index contributed by atoms with van der Waals surface area (Å²) in [6, 6.07) is 9.40. The highest BCUT2D eigenvalue weighted by Crippen LogP contribution is 2.23. The van der Waals surface area contributed by atoms with Crippen molar-refractivity contribution in [1.29, 1.82) is 0 Å². The Kier molecular flexibility index (Phi) is 5.50. The fourth-order valence-electron chi connectivity index (χ4n) is 2.78. The van der Waals surface area contributed by atoms with Crippen LogP contribution in [0.1, 0.15) is 27.9 Å². The van der Waals surface area contributed by atoms with Gasteiger partial charge in [0.05, 0.1) is 24.9 Å². The lowest BCUT2D eigenvalue weighted by Crippen LogP contribution is -2.43. The number of halogens is 1. The standard InChI is InChI=1S/C17H20ClN3O3/c1-12-10-16(24-20-12)17(22)19-11-15(21-6-8-23-9-7-21)13-2-4-14(18)5-3-13/h2-5,10,15H,6-9,11H2,1H3,(H,19,22). The van der Waals surface area contributed by atoms with Crippen LogP contribution in [-0.4, -0.2) is 48.8 Å². The molecule has 0 spiro atoms. The minimum Gasteiger partial charge on any atom is -0.379 e. The fourth-order valence-corrected chi connectivity index (χ4v) is 2.90. The predicted molar refractivity (Wildman–Crippen MR) is 90.2 cm³/mol. The number of carbonyl (C=O) groups is 1. The van der Waals surface area contributed by atoms with E-state index in [2.05, 4.69) is 15.4 Å². The quantitative estimate of drug-likeness (QED) is 0.898.